The molecule has 0 spiro atoms. The van der Waals surface area contributed by atoms with Crippen LogP contribution in [0.15, 0.2) is 46.9 Å². The third kappa shape index (κ3) is 5.72. The van der Waals surface area contributed by atoms with Gasteiger partial charge in [-0.1, -0.05) is 23.2 Å². The van der Waals surface area contributed by atoms with Crippen LogP contribution in [0, 0.1) is 5.82 Å². The van der Waals surface area contributed by atoms with Gasteiger partial charge in [0.25, 0.3) is 5.91 Å². The first-order chi connectivity index (χ1) is 15.4. The molecule has 9 heteroatoms. The molecule has 32 heavy (non-hydrogen) atoms. The fourth-order valence-corrected chi connectivity index (χ4v) is 4.05. The van der Waals surface area contributed by atoms with Gasteiger partial charge in [-0.15, -0.1) is 0 Å². The minimum Gasteiger partial charge on any atom is -0.491 e. The first kappa shape index (κ1) is 22.9. The molecule has 1 unspecified atom stereocenters. The van der Waals surface area contributed by atoms with Gasteiger partial charge < -0.3 is 24.5 Å². The number of aliphatic hydroxyl groups excluding tert-OH is 1. The van der Waals surface area contributed by atoms with E-state index in [1.165, 1.54) is 12.1 Å². The number of halogens is 3. The molecule has 3 aromatic rings. The van der Waals surface area contributed by atoms with E-state index in [4.69, 9.17) is 32.4 Å². The summed E-state index contributed by atoms with van der Waals surface area (Å²) in [5.74, 6) is -0.232. The Morgan fingerprint density at radius 1 is 1.22 bits per heavy atom. The van der Waals surface area contributed by atoms with Gasteiger partial charge in [-0.05, 0) is 49.2 Å². The van der Waals surface area contributed by atoms with Crippen molar-refractivity contribution in [2.24, 2.45) is 0 Å². The van der Waals surface area contributed by atoms with Crippen LogP contribution in [0.2, 0.25) is 10.0 Å². The average molecular weight is 481 g/mol. The van der Waals surface area contributed by atoms with E-state index in [0.29, 0.717) is 22.9 Å². The molecule has 0 saturated carbocycles. The van der Waals surface area contributed by atoms with Gasteiger partial charge in [0.15, 0.2) is 5.76 Å². The molecule has 1 aliphatic rings. The number of rotatable bonds is 7. The number of ether oxygens (including phenoxy) is 1. The van der Waals surface area contributed by atoms with Gasteiger partial charge in [-0.3, -0.25) is 4.79 Å². The van der Waals surface area contributed by atoms with E-state index in [1.807, 2.05) is 0 Å². The lowest BCUT2D eigenvalue weighted by molar-refractivity contribution is 0.0565. The number of furan rings is 1. The SMILES string of the molecule is O=C(NC1CCN(CC(O)COc2ccc(Cl)c(F)c2)CC1)c1cc2cc(Cl)ccc2o1. The first-order valence-corrected chi connectivity index (χ1v) is 11.1. The van der Waals surface area contributed by atoms with Crippen molar-refractivity contribution in [3.63, 3.8) is 0 Å². The topological polar surface area (TPSA) is 74.9 Å². The zero-order chi connectivity index (χ0) is 22.7. The molecule has 1 saturated heterocycles. The number of hydrogen-bond acceptors (Lipinski definition) is 5. The molecule has 0 radical (unpaired) electrons. The summed E-state index contributed by atoms with van der Waals surface area (Å²) >= 11 is 11.6. The zero-order valence-corrected chi connectivity index (χ0v) is 18.7. The minimum atomic E-state index is -0.720. The second-order valence-electron chi connectivity index (χ2n) is 7.88. The second kappa shape index (κ2) is 10.1. The van der Waals surface area contributed by atoms with Crippen molar-refractivity contribution in [3.05, 3.63) is 64.1 Å². The van der Waals surface area contributed by atoms with Crippen LogP contribution in [0.3, 0.4) is 0 Å². The van der Waals surface area contributed by atoms with Crippen molar-refractivity contribution >= 4 is 40.1 Å². The van der Waals surface area contributed by atoms with E-state index in [9.17, 15) is 14.3 Å². The Hall–Kier alpha value is -2.32. The van der Waals surface area contributed by atoms with Crippen LogP contribution in [0.25, 0.3) is 11.0 Å². The highest BCUT2D eigenvalue weighted by atomic mass is 35.5. The number of hydrogen-bond donors (Lipinski definition) is 2. The maximum Gasteiger partial charge on any atom is 0.287 e. The molecule has 0 aliphatic carbocycles. The number of nitrogens with one attached hydrogen (secondary N) is 1. The predicted octanol–water partition coefficient (Wildman–Crippen LogP) is 4.51. The van der Waals surface area contributed by atoms with E-state index in [1.54, 1.807) is 30.3 Å². The van der Waals surface area contributed by atoms with Gasteiger partial charge >= 0.3 is 0 Å². The van der Waals surface area contributed by atoms with Crippen molar-refractivity contribution in [1.29, 1.82) is 0 Å². The fraction of sp³-hybridized carbons (Fsp3) is 0.348. The van der Waals surface area contributed by atoms with E-state index in [-0.39, 0.29) is 29.3 Å². The first-order valence-electron chi connectivity index (χ1n) is 10.4. The fourth-order valence-electron chi connectivity index (χ4n) is 3.75. The Morgan fingerprint density at radius 2 is 2.00 bits per heavy atom. The molecular formula is C23H23Cl2FN2O4. The van der Waals surface area contributed by atoms with E-state index in [0.717, 1.165) is 31.3 Å². The molecule has 1 amide bonds. The summed E-state index contributed by atoms with van der Waals surface area (Å²) in [6.45, 7) is 1.94. The molecule has 6 nitrogen and oxygen atoms in total. The number of piperidine rings is 1. The summed E-state index contributed by atoms with van der Waals surface area (Å²) in [4.78, 5) is 14.7. The molecule has 2 aromatic carbocycles. The molecule has 4 rings (SSSR count). The van der Waals surface area contributed by atoms with Crippen molar-refractivity contribution in [3.8, 4) is 5.75 Å². The molecule has 2 heterocycles. The lowest BCUT2D eigenvalue weighted by atomic mass is 10.0. The maximum absolute atomic E-state index is 13.5. The number of aliphatic hydroxyl groups is 1. The van der Waals surface area contributed by atoms with Crippen molar-refractivity contribution in [1.82, 2.24) is 10.2 Å². The molecule has 1 aromatic heterocycles. The van der Waals surface area contributed by atoms with Crippen molar-refractivity contribution in [2.45, 2.75) is 25.0 Å². The monoisotopic (exact) mass is 480 g/mol. The number of β-amino-alcohol motifs (C(OH)–C–C–N with tert-alkyl or cyclic N) is 1. The number of likely N-dealkylation sites (tertiary alicyclic amines) is 1. The quantitative estimate of drug-likeness (QED) is 0.520. The van der Waals surface area contributed by atoms with Crippen LogP contribution in [-0.2, 0) is 0 Å². The Balaban J connectivity index is 1.21. The summed E-state index contributed by atoms with van der Waals surface area (Å²) in [6, 6.07) is 11.1. The number of nitrogens with zero attached hydrogens (tertiary/aromatic N) is 1. The van der Waals surface area contributed by atoms with E-state index < -0.39 is 11.9 Å². The van der Waals surface area contributed by atoms with Crippen LogP contribution < -0.4 is 10.1 Å². The lowest BCUT2D eigenvalue weighted by Crippen LogP contribution is -2.47. The smallest absolute Gasteiger partial charge is 0.287 e. The normalized spacial score (nSPS) is 16.2. The number of benzene rings is 2. The second-order valence-corrected chi connectivity index (χ2v) is 8.73. The highest BCUT2D eigenvalue weighted by Crippen LogP contribution is 2.24. The van der Waals surface area contributed by atoms with Gasteiger partial charge in [0.2, 0.25) is 0 Å². The third-order valence-corrected chi connectivity index (χ3v) is 5.97. The molecule has 170 valence electrons. The Kier molecular flexibility index (Phi) is 7.20. The minimum absolute atomic E-state index is 0.0255. The summed E-state index contributed by atoms with van der Waals surface area (Å²) in [6.07, 6.45) is 0.795. The van der Waals surface area contributed by atoms with Crippen LogP contribution in [-0.4, -0.2) is 54.3 Å². The molecule has 1 atom stereocenters. The summed E-state index contributed by atoms with van der Waals surface area (Å²) in [5, 5.41) is 14.7. The lowest BCUT2D eigenvalue weighted by Gasteiger charge is -2.33. The number of carbonyl (C=O) groups is 1. The summed E-state index contributed by atoms with van der Waals surface area (Å²) < 4.78 is 24.5. The Labute approximate surface area is 194 Å². The maximum atomic E-state index is 13.5. The highest BCUT2D eigenvalue weighted by molar-refractivity contribution is 6.31. The van der Waals surface area contributed by atoms with Gasteiger partial charge in [0, 0.05) is 42.2 Å². The average Bonchev–Trinajstić information content (AvgIpc) is 3.19. The van der Waals surface area contributed by atoms with Crippen LogP contribution in [0.4, 0.5) is 4.39 Å². The molecular weight excluding hydrogens is 458 g/mol. The Morgan fingerprint density at radius 3 is 2.75 bits per heavy atom. The van der Waals surface area contributed by atoms with E-state index in [2.05, 4.69) is 10.2 Å². The number of carbonyl (C=O) groups excluding carboxylic acids is 1. The molecule has 1 fully saturated rings. The summed E-state index contributed by atoms with van der Waals surface area (Å²) in [5.41, 5.74) is 0.618. The largest absolute Gasteiger partial charge is 0.491 e. The highest BCUT2D eigenvalue weighted by Gasteiger charge is 2.24. The van der Waals surface area contributed by atoms with Crippen LogP contribution in [0.5, 0.6) is 5.75 Å². The number of fused-ring (bicyclic) bond motifs is 1. The zero-order valence-electron chi connectivity index (χ0n) is 17.2. The van der Waals surface area contributed by atoms with Gasteiger partial charge in [0.1, 0.15) is 29.9 Å². The summed E-state index contributed by atoms with van der Waals surface area (Å²) in [7, 11) is 0. The van der Waals surface area contributed by atoms with Crippen molar-refractivity contribution < 1.29 is 23.4 Å². The van der Waals surface area contributed by atoms with Gasteiger partial charge in [-0.2, -0.15) is 0 Å². The van der Waals surface area contributed by atoms with Crippen LogP contribution >= 0.6 is 23.2 Å². The van der Waals surface area contributed by atoms with Crippen molar-refractivity contribution in [2.75, 3.05) is 26.2 Å². The standard InChI is InChI=1S/C23H23Cl2FN2O4/c24-15-1-4-21-14(9-15)10-22(32-21)23(30)27-16-5-7-28(8-6-16)12-17(29)13-31-18-2-3-19(25)20(26)11-18/h1-4,9-11,16-17,29H,5-8,12-13H2,(H,27,30). The predicted molar refractivity (Wildman–Crippen MR) is 121 cm³/mol. The van der Waals surface area contributed by atoms with Crippen LogP contribution in [0.1, 0.15) is 23.4 Å². The van der Waals surface area contributed by atoms with E-state index >= 15 is 0 Å². The Bertz CT molecular complexity index is 1100. The van der Waals surface area contributed by atoms with Gasteiger partial charge in [-0.25, -0.2) is 4.39 Å². The number of amides is 1. The molecule has 1 aliphatic heterocycles. The van der Waals surface area contributed by atoms with Gasteiger partial charge in [0.05, 0.1) is 5.02 Å². The molecule has 0 bridgehead atoms. The third-order valence-electron chi connectivity index (χ3n) is 5.43. The molecule has 2 N–H and O–H groups in total.